The van der Waals surface area contributed by atoms with E-state index in [-0.39, 0.29) is 17.5 Å². The maximum absolute atomic E-state index is 13.1. The smallest absolute Gasteiger partial charge is 0.142 e. The van der Waals surface area contributed by atoms with E-state index >= 15 is 0 Å². The molecular formula is C24H36ClFN4O. The van der Waals surface area contributed by atoms with Gasteiger partial charge in [-0.2, -0.15) is 0 Å². The van der Waals surface area contributed by atoms with Crippen LogP contribution in [0.3, 0.4) is 0 Å². The first-order valence-electron chi connectivity index (χ1n) is 11.0. The molecule has 0 saturated heterocycles. The molecule has 0 bridgehead atoms. The van der Waals surface area contributed by atoms with E-state index in [1.165, 1.54) is 29.8 Å². The Bertz CT molecular complexity index is 794. The van der Waals surface area contributed by atoms with Gasteiger partial charge in [0.2, 0.25) is 0 Å². The highest BCUT2D eigenvalue weighted by atomic mass is 35.5. The van der Waals surface area contributed by atoms with Gasteiger partial charge in [0.15, 0.2) is 0 Å². The van der Waals surface area contributed by atoms with Crippen LogP contribution in [0.2, 0.25) is 5.02 Å². The van der Waals surface area contributed by atoms with Crippen molar-refractivity contribution in [1.29, 1.82) is 0 Å². The maximum atomic E-state index is 13.1. The van der Waals surface area contributed by atoms with Crippen LogP contribution in [0.15, 0.2) is 53.4 Å². The second-order valence-corrected chi connectivity index (χ2v) is 8.46. The lowest BCUT2D eigenvalue weighted by molar-refractivity contribution is 0.260. The van der Waals surface area contributed by atoms with E-state index in [1.54, 1.807) is 11.6 Å². The molecule has 31 heavy (non-hydrogen) atoms. The van der Waals surface area contributed by atoms with Gasteiger partial charge in [-0.05, 0) is 74.0 Å². The number of likely N-dealkylation sites (N-methyl/N-ethyl adjacent to an activating group) is 1. The zero-order chi connectivity index (χ0) is 22.6. The van der Waals surface area contributed by atoms with Gasteiger partial charge in [-0.15, -0.1) is 0 Å². The number of nitrogens with two attached hydrogens (primary N) is 1. The summed E-state index contributed by atoms with van der Waals surface area (Å²) in [5, 5.41) is 16.0. The fourth-order valence-electron chi connectivity index (χ4n) is 3.71. The fraction of sp³-hybridized carbons (Fsp3) is 0.500. The molecule has 0 spiro atoms. The summed E-state index contributed by atoms with van der Waals surface area (Å²) in [6.07, 6.45) is 9.27. The minimum absolute atomic E-state index is 0.0295. The zero-order valence-electron chi connectivity index (χ0n) is 18.6. The first-order valence-corrected chi connectivity index (χ1v) is 11.3. The van der Waals surface area contributed by atoms with Crippen LogP contribution in [0.4, 0.5) is 4.39 Å². The number of rotatable bonds is 9. The van der Waals surface area contributed by atoms with Gasteiger partial charge in [-0.1, -0.05) is 30.7 Å². The number of aliphatic hydroxyl groups is 1. The number of benzene rings is 1. The molecule has 1 unspecified atom stereocenters. The van der Waals surface area contributed by atoms with Crippen molar-refractivity contribution in [3.05, 3.63) is 69.8 Å². The molecule has 0 saturated carbocycles. The molecule has 1 aromatic carbocycles. The SMILES string of the molecule is CCCNC1=C(CC2=CC=CNC2)CN(C)C1.NCCC(CO)c1ccc(Cl)c(F)c1. The molecule has 0 radical (unpaired) electrons. The van der Waals surface area contributed by atoms with Crippen molar-refractivity contribution in [3.8, 4) is 0 Å². The van der Waals surface area contributed by atoms with E-state index in [4.69, 9.17) is 22.4 Å². The Kier molecular flexibility index (Phi) is 11.1. The summed E-state index contributed by atoms with van der Waals surface area (Å²) >= 11 is 5.54. The van der Waals surface area contributed by atoms with Crippen molar-refractivity contribution >= 4 is 11.6 Å². The average molecular weight is 451 g/mol. The van der Waals surface area contributed by atoms with Crippen LogP contribution >= 0.6 is 11.6 Å². The number of aliphatic hydroxyl groups excluding tert-OH is 1. The van der Waals surface area contributed by atoms with Gasteiger partial charge in [-0.25, -0.2) is 4.39 Å². The van der Waals surface area contributed by atoms with E-state index in [2.05, 4.69) is 41.7 Å². The van der Waals surface area contributed by atoms with Gasteiger partial charge in [0.05, 0.1) is 5.02 Å². The number of hydrogen-bond acceptors (Lipinski definition) is 5. The lowest BCUT2D eigenvalue weighted by Crippen LogP contribution is -2.21. The highest BCUT2D eigenvalue weighted by molar-refractivity contribution is 6.30. The topological polar surface area (TPSA) is 73.5 Å². The van der Waals surface area contributed by atoms with Crippen LogP contribution in [0.5, 0.6) is 0 Å². The number of nitrogens with one attached hydrogen (secondary N) is 2. The van der Waals surface area contributed by atoms with Crippen molar-refractivity contribution in [2.75, 3.05) is 46.4 Å². The van der Waals surface area contributed by atoms with E-state index in [0.29, 0.717) is 13.0 Å². The van der Waals surface area contributed by atoms with Crippen LogP contribution in [0, 0.1) is 5.82 Å². The molecule has 3 rings (SSSR count). The minimum Gasteiger partial charge on any atom is -0.396 e. The third-order valence-corrected chi connectivity index (χ3v) is 5.68. The van der Waals surface area contributed by atoms with Crippen molar-refractivity contribution < 1.29 is 9.50 Å². The van der Waals surface area contributed by atoms with E-state index in [9.17, 15) is 4.39 Å². The van der Waals surface area contributed by atoms with Gasteiger partial charge in [-0.3, -0.25) is 4.90 Å². The number of hydrogen-bond donors (Lipinski definition) is 4. The second kappa shape index (κ2) is 13.5. The number of nitrogens with zero attached hydrogens (tertiary/aromatic N) is 1. The summed E-state index contributed by atoms with van der Waals surface area (Å²) in [4.78, 5) is 2.37. The first kappa shape index (κ1) is 25.4. The highest BCUT2D eigenvalue weighted by Crippen LogP contribution is 2.23. The zero-order valence-corrected chi connectivity index (χ0v) is 19.4. The molecule has 2 aliphatic heterocycles. The Morgan fingerprint density at radius 3 is 2.77 bits per heavy atom. The molecule has 0 amide bonds. The highest BCUT2D eigenvalue weighted by Gasteiger charge is 2.19. The Labute approximate surface area is 190 Å². The lowest BCUT2D eigenvalue weighted by atomic mass is 9.97. The molecule has 5 N–H and O–H groups in total. The molecule has 0 fully saturated rings. The molecule has 172 valence electrons. The number of dihydropyridines is 1. The normalized spacial score (nSPS) is 17.0. The Balaban J connectivity index is 0.000000225. The largest absolute Gasteiger partial charge is 0.396 e. The maximum Gasteiger partial charge on any atom is 0.142 e. The number of allylic oxidation sites excluding steroid dienone is 2. The molecule has 1 aromatic rings. The molecule has 0 aromatic heterocycles. The predicted octanol–water partition coefficient (Wildman–Crippen LogP) is 3.52. The van der Waals surface area contributed by atoms with Crippen LogP contribution in [-0.4, -0.2) is 56.4 Å². The lowest BCUT2D eigenvalue weighted by Gasteiger charge is -2.13. The van der Waals surface area contributed by atoms with Crippen LogP contribution in [-0.2, 0) is 0 Å². The standard InChI is InChI=1S/C14H23N3.C10H13ClFNO/c1-3-6-16-14-11-17(2)10-13(14)8-12-5-4-7-15-9-12;11-9-2-1-7(5-10(9)12)8(6-14)3-4-13/h4-5,7,15-16H,3,6,8-11H2,1-2H3;1-2,5,8,14H,3-4,6,13H2. The third-order valence-electron chi connectivity index (χ3n) is 5.37. The Morgan fingerprint density at radius 1 is 1.35 bits per heavy atom. The van der Waals surface area contributed by atoms with Crippen molar-refractivity contribution in [2.24, 2.45) is 5.73 Å². The van der Waals surface area contributed by atoms with Gasteiger partial charge >= 0.3 is 0 Å². The summed E-state index contributed by atoms with van der Waals surface area (Å²) < 4.78 is 13.1. The van der Waals surface area contributed by atoms with Crippen molar-refractivity contribution in [3.63, 3.8) is 0 Å². The minimum atomic E-state index is -0.459. The van der Waals surface area contributed by atoms with E-state index in [1.807, 2.05) is 6.20 Å². The van der Waals surface area contributed by atoms with Crippen LogP contribution in [0.25, 0.3) is 0 Å². The molecule has 2 aliphatic rings. The Hall–Kier alpha value is -1.86. The first-order chi connectivity index (χ1) is 15.0. The summed E-state index contributed by atoms with van der Waals surface area (Å²) in [5.41, 5.74) is 10.6. The number of halogens is 2. The van der Waals surface area contributed by atoms with E-state index < -0.39 is 5.82 Å². The van der Waals surface area contributed by atoms with Crippen molar-refractivity contribution in [2.45, 2.75) is 32.1 Å². The van der Waals surface area contributed by atoms with Gasteiger partial charge in [0.25, 0.3) is 0 Å². The van der Waals surface area contributed by atoms with Gasteiger partial charge in [0.1, 0.15) is 5.82 Å². The molecule has 1 atom stereocenters. The van der Waals surface area contributed by atoms with Gasteiger partial charge < -0.3 is 21.5 Å². The molecular weight excluding hydrogens is 415 g/mol. The second-order valence-electron chi connectivity index (χ2n) is 8.05. The fourth-order valence-corrected chi connectivity index (χ4v) is 3.82. The summed E-state index contributed by atoms with van der Waals surface area (Å²) in [6.45, 7) is 6.91. The monoisotopic (exact) mass is 450 g/mol. The van der Waals surface area contributed by atoms with Crippen LogP contribution in [0.1, 0.15) is 37.7 Å². The van der Waals surface area contributed by atoms with E-state index in [0.717, 1.165) is 38.2 Å². The molecule has 0 aliphatic carbocycles. The van der Waals surface area contributed by atoms with Crippen LogP contribution < -0.4 is 16.4 Å². The summed E-state index contributed by atoms with van der Waals surface area (Å²) in [6, 6.07) is 4.55. The van der Waals surface area contributed by atoms with Crippen molar-refractivity contribution in [1.82, 2.24) is 15.5 Å². The summed E-state index contributed by atoms with van der Waals surface area (Å²) in [5.74, 6) is -0.564. The molecule has 7 heteroatoms. The summed E-state index contributed by atoms with van der Waals surface area (Å²) in [7, 11) is 2.19. The quantitative estimate of drug-likeness (QED) is 0.463. The predicted molar refractivity (Wildman–Crippen MR) is 128 cm³/mol. The average Bonchev–Trinajstić information content (AvgIpc) is 3.12. The van der Waals surface area contributed by atoms with Gasteiger partial charge in [0, 0.05) is 44.4 Å². The molecule has 5 nitrogen and oxygen atoms in total. The molecule has 2 heterocycles. The third kappa shape index (κ3) is 8.30. The Morgan fingerprint density at radius 2 is 2.16 bits per heavy atom.